The van der Waals surface area contributed by atoms with Crippen molar-refractivity contribution in [2.24, 2.45) is 0 Å². The molecular formula is C13H16N2S. The summed E-state index contributed by atoms with van der Waals surface area (Å²) in [6.07, 6.45) is 1.91. The van der Waals surface area contributed by atoms with Gasteiger partial charge in [0.1, 0.15) is 0 Å². The van der Waals surface area contributed by atoms with E-state index in [0.29, 0.717) is 0 Å². The Morgan fingerprint density at radius 1 is 1.12 bits per heavy atom. The molecule has 0 atom stereocenters. The Morgan fingerprint density at radius 3 is 2.31 bits per heavy atom. The average molecular weight is 232 g/mol. The highest BCUT2D eigenvalue weighted by Crippen LogP contribution is 2.25. The lowest BCUT2D eigenvalue weighted by Gasteiger charge is -2.20. The second-order valence-electron chi connectivity index (χ2n) is 3.58. The third kappa shape index (κ3) is 2.25. The molecule has 1 aromatic heterocycles. The first-order chi connectivity index (χ1) is 7.85. The first kappa shape index (κ1) is 11.1. The van der Waals surface area contributed by atoms with Crippen molar-refractivity contribution in [3.63, 3.8) is 0 Å². The Balaban J connectivity index is 2.22. The zero-order chi connectivity index (χ0) is 11.4. The molecule has 0 radical (unpaired) electrons. The van der Waals surface area contributed by atoms with Gasteiger partial charge in [-0.3, -0.25) is 4.98 Å². The van der Waals surface area contributed by atoms with Gasteiger partial charge in [-0.1, -0.05) is 12.1 Å². The highest BCUT2D eigenvalue weighted by molar-refractivity contribution is 7.13. The van der Waals surface area contributed by atoms with Crippen molar-refractivity contribution < 1.29 is 0 Å². The Morgan fingerprint density at radius 2 is 1.81 bits per heavy atom. The number of anilines is 1. The van der Waals surface area contributed by atoms with Gasteiger partial charge in [-0.2, -0.15) is 0 Å². The number of hydrogen-bond donors (Lipinski definition) is 0. The average Bonchev–Trinajstić information content (AvgIpc) is 2.85. The maximum absolute atomic E-state index is 4.10. The zero-order valence-corrected chi connectivity index (χ0v) is 10.5. The summed E-state index contributed by atoms with van der Waals surface area (Å²) in [5, 5.41) is 0. The van der Waals surface area contributed by atoms with E-state index in [1.165, 1.54) is 16.1 Å². The molecule has 16 heavy (non-hydrogen) atoms. The van der Waals surface area contributed by atoms with Crippen LogP contribution in [0.5, 0.6) is 0 Å². The number of nitrogens with zero attached hydrogens (tertiary/aromatic N) is 2. The molecule has 0 unspecified atom stereocenters. The lowest BCUT2D eigenvalue weighted by molar-refractivity contribution is 0.866. The van der Waals surface area contributed by atoms with E-state index in [9.17, 15) is 0 Å². The van der Waals surface area contributed by atoms with E-state index in [4.69, 9.17) is 0 Å². The van der Waals surface area contributed by atoms with Crippen LogP contribution in [-0.4, -0.2) is 18.1 Å². The Kier molecular flexibility index (Phi) is 3.57. The second-order valence-corrected chi connectivity index (χ2v) is 4.47. The standard InChI is InChI=1S/C13H16N2S/c1-3-15(4-2)12-7-5-11(6-8-12)13-9-14-10-16-13/h5-10H,3-4H2,1-2H3. The first-order valence-corrected chi connectivity index (χ1v) is 6.47. The molecule has 0 bridgehead atoms. The van der Waals surface area contributed by atoms with E-state index in [0.717, 1.165) is 13.1 Å². The van der Waals surface area contributed by atoms with Gasteiger partial charge in [0.15, 0.2) is 0 Å². The van der Waals surface area contributed by atoms with Crippen LogP contribution in [0.25, 0.3) is 10.4 Å². The van der Waals surface area contributed by atoms with Gasteiger partial charge in [0.2, 0.25) is 0 Å². The van der Waals surface area contributed by atoms with Crippen molar-refractivity contribution in [2.75, 3.05) is 18.0 Å². The van der Waals surface area contributed by atoms with E-state index in [1.54, 1.807) is 11.3 Å². The van der Waals surface area contributed by atoms with Crippen LogP contribution >= 0.6 is 11.3 Å². The van der Waals surface area contributed by atoms with Crippen molar-refractivity contribution >= 4 is 17.0 Å². The molecule has 1 aromatic carbocycles. The molecule has 2 aromatic rings. The Labute approximate surface area is 101 Å². The third-order valence-electron chi connectivity index (χ3n) is 2.71. The largest absolute Gasteiger partial charge is 0.372 e. The summed E-state index contributed by atoms with van der Waals surface area (Å²) >= 11 is 1.68. The Hall–Kier alpha value is -1.35. The maximum atomic E-state index is 4.10. The summed E-state index contributed by atoms with van der Waals surface area (Å²) < 4.78 is 0. The predicted octanol–water partition coefficient (Wildman–Crippen LogP) is 3.66. The van der Waals surface area contributed by atoms with E-state index in [2.05, 4.69) is 48.0 Å². The molecule has 0 N–H and O–H groups in total. The topological polar surface area (TPSA) is 16.1 Å². The first-order valence-electron chi connectivity index (χ1n) is 5.59. The molecule has 0 aliphatic rings. The fourth-order valence-corrected chi connectivity index (χ4v) is 2.41. The van der Waals surface area contributed by atoms with Crippen molar-refractivity contribution in [3.05, 3.63) is 36.0 Å². The molecule has 0 fully saturated rings. The molecular weight excluding hydrogens is 216 g/mol. The minimum Gasteiger partial charge on any atom is -0.372 e. The third-order valence-corrected chi connectivity index (χ3v) is 3.53. The monoisotopic (exact) mass is 232 g/mol. The van der Waals surface area contributed by atoms with Crippen LogP contribution in [0.1, 0.15) is 13.8 Å². The quantitative estimate of drug-likeness (QED) is 0.799. The van der Waals surface area contributed by atoms with Crippen LogP contribution < -0.4 is 4.90 Å². The highest BCUT2D eigenvalue weighted by Gasteiger charge is 2.03. The fourth-order valence-electron chi connectivity index (χ4n) is 1.78. The van der Waals surface area contributed by atoms with Crippen LogP contribution in [0.15, 0.2) is 36.0 Å². The van der Waals surface area contributed by atoms with Gasteiger partial charge in [0.05, 0.1) is 10.4 Å². The molecule has 3 heteroatoms. The number of hydrogen-bond acceptors (Lipinski definition) is 3. The number of benzene rings is 1. The van der Waals surface area contributed by atoms with Crippen LogP contribution in [0, 0.1) is 0 Å². The van der Waals surface area contributed by atoms with Crippen molar-refractivity contribution in [3.8, 4) is 10.4 Å². The van der Waals surface area contributed by atoms with Gasteiger partial charge in [0, 0.05) is 25.0 Å². The lowest BCUT2D eigenvalue weighted by Crippen LogP contribution is -2.21. The van der Waals surface area contributed by atoms with Crippen molar-refractivity contribution in [2.45, 2.75) is 13.8 Å². The van der Waals surface area contributed by atoms with Gasteiger partial charge in [-0.05, 0) is 31.5 Å². The van der Waals surface area contributed by atoms with Gasteiger partial charge in [0.25, 0.3) is 0 Å². The van der Waals surface area contributed by atoms with Crippen molar-refractivity contribution in [1.29, 1.82) is 0 Å². The van der Waals surface area contributed by atoms with Crippen LogP contribution in [0.4, 0.5) is 5.69 Å². The van der Waals surface area contributed by atoms with Gasteiger partial charge < -0.3 is 4.90 Å². The number of thiazole rings is 1. The highest BCUT2D eigenvalue weighted by atomic mass is 32.1. The molecule has 0 aliphatic heterocycles. The summed E-state index contributed by atoms with van der Waals surface area (Å²) in [5.41, 5.74) is 4.41. The SMILES string of the molecule is CCN(CC)c1ccc(-c2cncs2)cc1. The number of aromatic nitrogens is 1. The van der Waals surface area contributed by atoms with Crippen LogP contribution in [0.2, 0.25) is 0 Å². The minimum atomic E-state index is 1.05. The van der Waals surface area contributed by atoms with E-state index >= 15 is 0 Å². The minimum absolute atomic E-state index is 1.05. The molecule has 0 saturated carbocycles. The summed E-state index contributed by atoms with van der Waals surface area (Å²) in [5.74, 6) is 0. The maximum Gasteiger partial charge on any atom is 0.0797 e. The second kappa shape index (κ2) is 5.12. The fraction of sp³-hybridized carbons (Fsp3) is 0.308. The molecule has 0 saturated heterocycles. The summed E-state index contributed by atoms with van der Waals surface area (Å²) in [6.45, 7) is 6.47. The van der Waals surface area contributed by atoms with E-state index in [1.807, 2.05) is 11.7 Å². The smallest absolute Gasteiger partial charge is 0.0797 e. The van der Waals surface area contributed by atoms with E-state index in [-0.39, 0.29) is 0 Å². The summed E-state index contributed by atoms with van der Waals surface area (Å²) in [6, 6.07) is 8.70. The lowest BCUT2D eigenvalue weighted by atomic mass is 10.2. The molecule has 1 heterocycles. The summed E-state index contributed by atoms with van der Waals surface area (Å²) in [4.78, 5) is 7.67. The normalized spacial score (nSPS) is 10.4. The molecule has 84 valence electrons. The van der Waals surface area contributed by atoms with Crippen LogP contribution in [-0.2, 0) is 0 Å². The number of rotatable bonds is 4. The molecule has 2 nitrogen and oxygen atoms in total. The Bertz CT molecular complexity index is 416. The molecule has 0 spiro atoms. The van der Waals surface area contributed by atoms with Crippen molar-refractivity contribution in [1.82, 2.24) is 4.98 Å². The molecule has 2 rings (SSSR count). The van der Waals surface area contributed by atoms with E-state index < -0.39 is 0 Å². The summed E-state index contributed by atoms with van der Waals surface area (Å²) in [7, 11) is 0. The van der Waals surface area contributed by atoms with Gasteiger partial charge in [-0.15, -0.1) is 11.3 Å². The molecule has 0 aliphatic carbocycles. The van der Waals surface area contributed by atoms with Crippen LogP contribution in [0.3, 0.4) is 0 Å². The zero-order valence-electron chi connectivity index (χ0n) is 9.68. The van der Waals surface area contributed by atoms with Gasteiger partial charge >= 0.3 is 0 Å². The molecule has 0 amide bonds. The predicted molar refractivity (Wildman–Crippen MR) is 71.1 cm³/mol. The van der Waals surface area contributed by atoms with Gasteiger partial charge in [-0.25, -0.2) is 0 Å².